The summed E-state index contributed by atoms with van der Waals surface area (Å²) in [7, 11) is 4.16. The van der Waals surface area contributed by atoms with Crippen LogP contribution < -0.4 is 4.90 Å². The molecule has 0 amide bonds. The number of aromatic nitrogens is 1. The SMILES string of the molecule is CN(C)C1CN(c2nc(C(=O)OC(C)(C)C)cs2)C1. The highest BCUT2D eigenvalue weighted by Gasteiger charge is 2.31. The predicted octanol–water partition coefficient (Wildman–Crippen LogP) is 1.85. The van der Waals surface area contributed by atoms with Gasteiger partial charge < -0.3 is 14.5 Å². The van der Waals surface area contributed by atoms with Crippen LogP contribution in [0.2, 0.25) is 0 Å². The van der Waals surface area contributed by atoms with E-state index in [0.29, 0.717) is 11.7 Å². The van der Waals surface area contributed by atoms with Crippen LogP contribution in [0.5, 0.6) is 0 Å². The lowest BCUT2D eigenvalue weighted by atomic mass is 10.1. The maximum absolute atomic E-state index is 11.9. The molecule has 1 saturated heterocycles. The van der Waals surface area contributed by atoms with Crippen molar-refractivity contribution in [2.24, 2.45) is 0 Å². The molecule has 0 radical (unpaired) electrons. The first-order valence-corrected chi connectivity index (χ1v) is 7.24. The van der Waals surface area contributed by atoms with E-state index in [-0.39, 0.29) is 5.97 Å². The number of anilines is 1. The van der Waals surface area contributed by atoms with E-state index in [0.717, 1.165) is 18.2 Å². The summed E-state index contributed by atoms with van der Waals surface area (Å²) in [6.45, 7) is 7.50. The Morgan fingerprint density at radius 3 is 2.63 bits per heavy atom. The molecule has 6 heteroatoms. The lowest BCUT2D eigenvalue weighted by Gasteiger charge is -2.42. The molecule has 1 aliphatic rings. The third kappa shape index (κ3) is 3.45. The molecular formula is C13H21N3O2S. The number of likely N-dealkylation sites (N-methyl/N-ethyl adjacent to an activating group) is 1. The average Bonchev–Trinajstić information content (AvgIpc) is 2.60. The summed E-state index contributed by atoms with van der Waals surface area (Å²) in [6.07, 6.45) is 0. The van der Waals surface area contributed by atoms with Crippen molar-refractivity contribution < 1.29 is 9.53 Å². The molecule has 106 valence electrons. The summed E-state index contributed by atoms with van der Waals surface area (Å²) < 4.78 is 5.31. The van der Waals surface area contributed by atoms with E-state index in [1.807, 2.05) is 20.8 Å². The van der Waals surface area contributed by atoms with Gasteiger partial charge in [-0.1, -0.05) is 0 Å². The van der Waals surface area contributed by atoms with Crippen LogP contribution in [0.25, 0.3) is 0 Å². The van der Waals surface area contributed by atoms with Crippen LogP contribution >= 0.6 is 11.3 Å². The monoisotopic (exact) mass is 283 g/mol. The molecule has 0 aliphatic carbocycles. The molecule has 0 N–H and O–H groups in total. The molecule has 2 rings (SSSR count). The number of carbonyl (C=O) groups excluding carboxylic acids is 1. The van der Waals surface area contributed by atoms with E-state index in [2.05, 4.69) is 28.9 Å². The second-order valence-corrected chi connectivity index (χ2v) is 6.88. The Balaban J connectivity index is 1.95. The maximum atomic E-state index is 11.9. The first-order valence-electron chi connectivity index (χ1n) is 6.36. The van der Waals surface area contributed by atoms with Crippen molar-refractivity contribution in [3.8, 4) is 0 Å². The maximum Gasteiger partial charge on any atom is 0.358 e. The number of rotatable bonds is 3. The molecular weight excluding hydrogens is 262 g/mol. The average molecular weight is 283 g/mol. The van der Waals surface area contributed by atoms with Gasteiger partial charge in [-0.2, -0.15) is 0 Å². The fourth-order valence-electron chi connectivity index (χ4n) is 1.77. The summed E-state index contributed by atoms with van der Waals surface area (Å²) in [5.74, 6) is -0.348. The summed E-state index contributed by atoms with van der Waals surface area (Å²) in [5.41, 5.74) is -0.0728. The van der Waals surface area contributed by atoms with E-state index in [1.165, 1.54) is 11.3 Å². The van der Waals surface area contributed by atoms with Crippen molar-refractivity contribution in [2.45, 2.75) is 32.4 Å². The fraction of sp³-hybridized carbons (Fsp3) is 0.692. The van der Waals surface area contributed by atoms with E-state index >= 15 is 0 Å². The topological polar surface area (TPSA) is 45.7 Å². The molecule has 0 spiro atoms. The molecule has 0 saturated carbocycles. The molecule has 1 aliphatic heterocycles. The van der Waals surface area contributed by atoms with Crippen molar-refractivity contribution in [2.75, 3.05) is 32.1 Å². The number of hydrogen-bond donors (Lipinski definition) is 0. The van der Waals surface area contributed by atoms with Gasteiger partial charge in [-0.25, -0.2) is 9.78 Å². The van der Waals surface area contributed by atoms with Gasteiger partial charge in [0.05, 0.1) is 0 Å². The molecule has 5 nitrogen and oxygen atoms in total. The molecule has 0 unspecified atom stereocenters. The second kappa shape index (κ2) is 5.09. The summed E-state index contributed by atoms with van der Waals surface area (Å²) in [4.78, 5) is 20.6. The predicted molar refractivity (Wildman–Crippen MR) is 77.0 cm³/mol. The number of nitrogens with zero attached hydrogens (tertiary/aromatic N) is 3. The Morgan fingerprint density at radius 2 is 2.11 bits per heavy atom. The van der Waals surface area contributed by atoms with Crippen molar-refractivity contribution in [3.63, 3.8) is 0 Å². The van der Waals surface area contributed by atoms with Crippen LogP contribution in [-0.2, 0) is 4.74 Å². The molecule has 1 fully saturated rings. The Morgan fingerprint density at radius 1 is 1.47 bits per heavy atom. The normalized spacial score (nSPS) is 16.6. The zero-order chi connectivity index (χ0) is 14.2. The van der Waals surface area contributed by atoms with E-state index in [1.54, 1.807) is 5.38 Å². The lowest BCUT2D eigenvalue weighted by molar-refractivity contribution is 0.00637. The minimum Gasteiger partial charge on any atom is -0.455 e. The van der Waals surface area contributed by atoms with Crippen LogP contribution in [0.1, 0.15) is 31.3 Å². The zero-order valence-corrected chi connectivity index (χ0v) is 13.0. The van der Waals surface area contributed by atoms with Gasteiger partial charge in [0.15, 0.2) is 10.8 Å². The zero-order valence-electron chi connectivity index (χ0n) is 12.1. The fourth-order valence-corrected chi connectivity index (χ4v) is 2.59. The number of ether oxygens (including phenoxy) is 1. The lowest BCUT2D eigenvalue weighted by Crippen LogP contribution is -2.57. The highest BCUT2D eigenvalue weighted by molar-refractivity contribution is 7.13. The number of carbonyl (C=O) groups is 1. The Kier molecular flexibility index (Phi) is 3.82. The van der Waals surface area contributed by atoms with Gasteiger partial charge in [0.1, 0.15) is 5.60 Å². The first-order chi connectivity index (χ1) is 8.76. The van der Waals surface area contributed by atoms with Crippen molar-refractivity contribution >= 4 is 22.4 Å². The Bertz CT molecular complexity index is 459. The van der Waals surface area contributed by atoms with Crippen LogP contribution in [-0.4, -0.2) is 54.7 Å². The van der Waals surface area contributed by atoms with E-state index in [4.69, 9.17) is 4.74 Å². The van der Waals surface area contributed by atoms with E-state index < -0.39 is 5.60 Å². The number of esters is 1. The first kappa shape index (κ1) is 14.3. The minimum atomic E-state index is -0.479. The molecule has 0 bridgehead atoms. The summed E-state index contributed by atoms with van der Waals surface area (Å²) in [6, 6.07) is 0.578. The second-order valence-electron chi connectivity index (χ2n) is 6.04. The van der Waals surface area contributed by atoms with Crippen LogP contribution in [0.4, 0.5) is 5.13 Å². The van der Waals surface area contributed by atoms with Crippen molar-refractivity contribution in [1.82, 2.24) is 9.88 Å². The largest absolute Gasteiger partial charge is 0.455 e. The van der Waals surface area contributed by atoms with Crippen LogP contribution in [0, 0.1) is 0 Å². The molecule has 1 aromatic heterocycles. The van der Waals surface area contributed by atoms with Crippen LogP contribution in [0.15, 0.2) is 5.38 Å². The summed E-state index contributed by atoms with van der Waals surface area (Å²) in [5, 5.41) is 2.67. The van der Waals surface area contributed by atoms with Gasteiger partial charge in [0.2, 0.25) is 0 Å². The standard InChI is InChI=1S/C13H21N3O2S/c1-13(2,3)18-11(17)10-8-19-12(14-10)16-6-9(7-16)15(4)5/h8-9H,6-7H2,1-5H3. The minimum absolute atomic E-state index is 0.348. The Hall–Kier alpha value is -1.14. The Labute approximate surface area is 118 Å². The van der Waals surface area contributed by atoms with Crippen molar-refractivity contribution in [3.05, 3.63) is 11.1 Å². The molecule has 1 aromatic rings. The summed E-state index contributed by atoms with van der Waals surface area (Å²) >= 11 is 1.50. The number of thiazole rings is 1. The highest BCUT2D eigenvalue weighted by atomic mass is 32.1. The molecule has 2 heterocycles. The smallest absolute Gasteiger partial charge is 0.358 e. The third-order valence-corrected chi connectivity index (χ3v) is 3.86. The quantitative estimate of drug-likeness (QED) is 0.792. The van der Waals surface area contributed by atoms with Gasteiger partial charge in [-0.3, -0.25) is 0 Å². The molecule has 19 heavy (non-hydrogen) atoms. The van der Waals surface area contributed by atoms with Gasteiger partial charge in [-0.15, -0.1) is 11.3 Å². The van der Waals surface area contributed by atoms with Crippen molar-refractivity contribution in [1.29, 1.82) is 0 Å². The molecule has 0 aromatic carbocycles. The van der Waals surface area contributed by atoms with Gasteiger partial charge in [0, 0.05) is 24.5 Å². The van der Waals surface area contributed by atoms with Gasteiger partial charge in [-0.05, 0) is 34.9 Å². The van der Waals surface area contributed by atoms with Crippen LogP contribution in [0.3, 0.4) is 0 Å². The molecule has 0 atom stereocenters. The van der Waals surface area contributed by atoms with Gasteiger partial charge in [0.25, 0.3) is 0 Å². The third-order valence-electron chi connectivity index (χ3n) is 2.96. The number of hydrogen-bond acceptors (Lipinski definition) is 6. The van der Waals surface area contributed by atoms with Gasteiger partial charge >= 0.3 is 5.97 Å². The van der Waals surface area contributed by atoms with E-state index in [9.17, 15) is 4.79 Å². The highest BCUT2D eigenvalue weighted by Crippen LogP contribution is 2.27.